The van der Waals surface area contributed by atoms with E-state index in [1.165, 1.54) is 12.8 Å². The molecule has 4 heterocycles. The average molecular weight is 319 g/mol. The second-order valence-electron chi connectivity index (χ2n) is 5.77. The highest BCUT2D eigenvalue weighted by molar-refractivity contribution is 7.22. The summed E-state index contributed by atoms with van der Waals surface area (Å²) in [6.45, 7) is 2.00. The Kier molecular flexibility index (Phi) is 3.32. The Morgan fingerprint density at radius 2 is 2.24 bits per heavy atom. The van der Waals surface area contributed by atoms with E-state index < -0.39 is 0 Å². The second kappa shape index (κ2) is 5.19. The minimum Gasteiger partial charge on any atom is -0.347 e. The lowest BCUT2D eigenvalue weighted by molar-refractivity contribution is 0.0935. The standard InChI is InChI=1S/C15H17N3OS2/c1-8-16-7-14(20-8)12-4-5-13(21-12)15(19)18-11-6-9-2-3-10(11)17-9/h4-5,7,9-11,17H,2-3,6H2,1H3,(H,18,19). The van der Waals surface area contributed by atoms with Crippen LogP contribution in [0.2, 0.25) is 0 Å². The topological polar surface area (TPSA) is 54.0 Å². The van der Waals surface area contributed by atoms with Crippen molar-refractivity contribution in [2.75, 3.05) is 0 Å². The van der Waals surface area contributed by atoms with Gasteiger partial charge in [0.25, 0.3) is 5.91 Å². The normalized spacial score (nSPS) is 27.2. The molecule has 2 N–H and O–H groups in total. The maximum absolute atomic E-state index is 12.4. The molecule has 0 aromatic carbocycles. The predicted molar refractivity (Wildman–Crippen MR) is 86.0 cm³/mol. The fourth-order valence-electron chi connectivity index (χ4n) is 3.29. The molecule has 2 saturated heterocycles. The van der Waals surface area contributed by atoms with Crippen LogP contribution in [0.3, 0.4) is 0 Å². The number of thiazole rings is 1. The van der Waals surface area contributed by atoms with Gasteiger partial charge in [-0.3, -0.25) is 4.79 Å². The molecule has 2 aliphatic heterocycles. The molecule has 4 nitrogen and oxygen atoms in total. The average Bonchev–Trinajstić information content (AvgIpc) is 3.22. The van der Waals surface area contributed by atoms with E-state index in [1.807, 2.05) is 25.3 Å². The Morgan fingerprint density at radius 1 is 1.33 bits per heavy atom. The van der Waals surface area contributed by atoms with Crippen molar-refractivity contribution in [1.82, 2.24) is 15.6 Å². The Morgan fingerprint density at radius 3 is 2.90 bits per heavy atom. The molecule has 0 spiro atoms. The minimum atomic E-state index is 0.0619. The summed E-state index contributed by atoms with van der Waals surface area (Å²) >= 11 is 3.22. The van der Waals surface area contributed by atoms with Crippen LogP contribution in [-0.4, -0.2) is 29.0 Å². The van der Waals surface area contributed by atoms with Gasteiger partial charge in [-0.25, -0.2) is 4.98 Å². The number of nitrogens with one attached hydrogen (secondary N) is 2. The van der Waals surface area contributed by atoms with Gasteiger partial charge in [0, 0.05) is 29.2 Å². The van der Waals surface area contributed by atoms with Crippen LogP contribution in [0.4, 0.5) is 0 Å². The smallest absolute Gasteiger partial charge is 0.261 e. The molecule has 3 atom stereocenters. The monoisotopic (exact) mass is 319 g/mol. The van der Waals surface area contributed by atoms with Crippen molar-refractivity contribution in [3.8, 4) is 9.75 Å². The molecule has 2 aromatic rings. The largest absolute Gasteiger partial charge is 0.347 e. The van der Waals surface area contributed by atoms with Crippen molar-refractivity contribution >= 4 is 28.6 Å². The maximum atomic E-state index is 12.4. The van der Waals surface area contributed by atoms with Crippen molar-refractivity contribution in [1.29, 1.82) is 0 Å². The van der Waals surface area contributed by atoms with E-state index in [4.69, 9.17) is 0 Å². The number of carbonyl (C=O) groups is 1. The van der Waals surface area contributed by atoms with Gasteiger partial charge >= 0.3 is 0 Å². The Balaban J connectivity index is 1.46. The van der Waals surface area contributed by atoms with Gasteiger partial charge in [-0.1, -0.05) is 0 Å². The third-order valence-corrected chi connectivity index (χ3v) is 6.50. The molecule has 0 saturated carbocycles. The van der Waals surface area contributed by atoms with Crippen molar-refractivity contribution < 1.29 is 4.79 Å². The third-order valence-electron chi connectivity index (χ3n) is 4.31. The van der Waals surface area contributed by atoms with E-state index in [0.29, 0.717) is 18.1 Å². The number of aromatic nitrogens is 1. The maximum Gasteiger partial charge on any atom is 0.261 e. The molecule has 110 valence electrons. The van der Waals surface area contributed by atoms with Gasteiger partial charge in [0.05, 0.1) is 14.8 Å². The van der Waals surface area contributed by atoms with Crippen LogP contribution in [-0.2, 0) is 0 Å². The van der Waals surface area contributed by atoms with Crippen LogP contribution >= 0.6 is 22.7 Å². The van der Waals surface area contributed by atoms with E-state index in [9.17, 15) is 4.79 Å². The summed E-state index contributed by atoms with van der Waals surface area (Å²) in [4.78, 5) is 19.7. The number of thiophene rings is 1. The number of carbonyl (C=O) groups excluding carboxylic acids is 1. The van der Waals surface area contributed by atoms with Gasteiger partial charge < -0.3 is 10.6 Å². The van der Waals surface area contributed by atoms with Gasteiger partial charge in [-0.2, -0.15) is 0 Å². The summed E-state index contributed by atoms with van der Waals surface area (Å²) in [5.74, 6) is 0.0619. The van der Waals surface area contributed by atoms with Gasteiger partial charge in [0.2, 0.25) is 0 Å². The SMILES string of the molecule is Cc1ncc(-c2ccc(C(=O)NC3CC4CCC3N4)s2)s1. The molecule has 2 fully saturated rings. The van der Waals surface area contributed by atoms with Crippen LogP contribution in [0, 0.1) is 6.92 Å². The van der Waals surface area contributed by atoms with Crippen LogP contribution in [0.25, 0.3) is 9.75 Å². The molecule has 1 amide bonds. The Labute approximate surface area is 131 Å². The number of hydrogen-bond donors (Lipinski definition) is 2. The number of nitrogens with zero attached hydrogens (tertiary/aromatic N) is 1. The molecule has 6 heteroatoms. The zero-order chi connectivity index (χ0) is 14.4. The first-order chi connectivity index (χ1) is 10.2. The van der Waals surface area contributed by atoms with E-state index in [1.54, 1.807) is 22.7 Å². The lowest BCUT2D eigenvalue weighted by atomic mass is 9.95. The molecular weight excluding hydrogens is 302 g/mol. The van der Waals surface area contributed by atoms with Gasteiger partial charge in [0.1, 0.15) is 0 Å². The van der Waals surface area contributed by atoms with Crippen LogP contribution in [0.15, 0.2) is 18.3 Å². The summed E-state index contributed by atoms with van der Waals surface area (Å²) in [7, 11) is 0. The van der Waals surface area contributed by atoms with E-state index in [2.05, 4.69) is 15.6 Å². The van der Waals surface area contributed by atoms with Crippen LogP contribution in [0.5, 0.6) is 0 Å². The zero-order valence-electron chi connectivity index (χ0n) is 11.8. The summed E-state index contributed by atoms with van der Waals surface area (Å²) < 4.78 is 0. The lowest BCUT2D eigenvalue weighted by Crippen LogP contribution is -2.42. The highest BCUT2D eigenvalue weighted by atomic mass is 32.1. The van der Waals surface area contributed by atoms with Gasteiger partial charge in [-0.15, -0.1) is 22.7 Å². The molecule has 21 heavy (non-hydrogen) atoms. The zero-order valence-corrected chi connectivity index (χ0v) is 13.4. The second-order valence-corrected chi connectivity index (χ2v) is 8.09. The van der Waals surface area contributed by atoms with Crippen molar-refractivity contribution in [3.63, 3.8) is 0 Å². The molecule has 0 aliphatic carbocycles. The summed E-state index contributed by atoms with van der Waals surface area (Å²) in [5, 5.41) is 7.80. The molecule has 2 bridgehead atoms. The summed E-state index contributed by atoms with van der Waals surface area (Å²) in [5.41, 5.74) is 0. The fourth-order valence-corrected chi connectivity index (χ4v) is 5.05. The molecule has 2 aromatic heterocycles. The summed E-state index contributed by atoms with van der Waals surface area (Å²) in [6.07, 6.45) is 5.40. The van der Waals surface area contributed by atoms with Crippen LogP contribution in [0.1, 0.15) is 33.9 Å². The van der Waals surface area contributed by atoms with Crippen molar-refractivity contribution in [2.24, 2.45) is 0 Å². The Bertz CT molecular complexity index is 678. The molecule has 2 aliphatic rings. The fraction of sp³-hybridized carbons (Fsp3) is 0.467. The van der Waals surface area contributed by atoms with E-state index in [0.717, 1.165) is 26.1 Å². The molecule has 4 rings (SSSR count). The molecular formula is C15H17N3OS2. The molecule has 3 unspecified atom stereocenters. The molecule has 0 radical (unpaired) electrons. The summed E-state index contributed by atoms with van der Waals surface area (Å²) in [6, 6.07) is 5.32. The number of amides is 1. The highest BCUT2D eigenvalue weighted by Crippen LogP contribution is 2.33. The number of aryl methyl sites for hydroxylation is 1. The number of hydrogen-bond acceptors (Lipinski definition) is 5. The third kappa shape index (κ3) is 2.52. The van der Waals surface area contributed by atoms with E-state index in [-0.39, 0.29) is 5.91 Å². The van der Waals surface area contributed by atoms with Gasteiger partial charge in [-0.05, 0) is 38.3 Å². The quantitative estimate of drug-likeness (QED) is 0.915. The van der Waals surface area contributed by atoms with Gasteiger partial charge in [0.15, 0.2) is 0 Å². The van der Waals surface area contributed by atoms with Crippen molar-refractivity contribution in [3.05, 3.63) is 28.2 Å². The number of fused-ring (bicyclic) bond motifs is 2. The van der Waals surface area contributed by atoms with Crippen molar-refractivity contribution in [2.45, 2.75) is 44.3 Å². The first kappa shape index (κ1) is 13.4. The predicted octanol–water partition coefficient (Wildman–Crippen LogP) is 2.80. The van der Waals surface area contributed by atoms with E-state index >= 15 is 0 Å². The first-order valence-corrected chi connectivity index (χ1v) is 8.92. The highest BCUT2D eigenvalue weighted by Gasteiger charge is 2.39. The Hall–Kier alpha value is -1.24. The number of rotatable bonds is 3. The lowest BCUT2D eigenvalue weighted by Gasteiger charge is -2.20. The minimum absolute atomic E-state index is 0.0619. The van der Waals surface area contributed by atoms with Crippen LogP contribution < -0.4 is 10.6 Å². The first-order valence-electron chi connectivity index (χ1n) is 7.28.